The molecule has 2 heterocycles. The van der Waals surface area contributed by atoms with Gasteiger partial charge in [0, 0.05) is 6.42 Å². The number of rotatable bonds is 9. The van der Waals surface area contributed by atoms with Crippen molar-refractivity contribution in [3.8, 4) is 11.5 Å². The number of benzene rings is 1. The summed E-state index contributed by atoms with van der Waals surface area (Å²) >= 11 is 0. The van der Waals surface area contributed by atoms with E-state index in [1.165, 1.54) is 0 Å². The zero-order chi connectivity index (χ0) is 21.0. The van der Waals surface area contributed by atoms with E-state index in [1.807, 2.05) is 13.8 Å². The first kappa shape index (κ1) is 20.9. The van der Waals surface area contributed by atoms with E-state index in [4.69, 9.17) is 9.47 Å². The largest absolute Gasteiger partial charge is 0.454 e. The zero-order valence-corrected chi connectivity index (χ0v) is 16.6. The highest BCUT2D eigenvalue weighted by Crippen LogP contribution is 2.33. The minimum Gasteiger partial charge on any atom is -0.454 e. The summed E-state index contributed by atoms with van der Waals surface area (Å²) in [5.74, 6) is 0.756. The Morgan fingerprint density at radius 2 is 2.10 bits per heavy atom. The number of nitrogens with one attached hydrogen (secondary N) is 2. The van der Waals surface area contributed by atoms with Crippen LogP contribution in [0.25, 0.3) is 0 Å². The van der Waals surface area contributed by atoms with E-state index in [2.05, 4.69) is 10.6 Å². The average Bonchev–Trinajstić information content (AvgIpc) is 3.29. The smallest absolute Gasteiger partial charge is 0.325 e. The van der Waals surface area contributed by atoms with E-state index in [9.17, 15) is 19.5 Å². The molecule has 1 aromatic carbocycles. The van der Waals surface area contributed by atoms with Crippen LogP contribution in [-0.4, -0.2) is 53.3 Å². The molecule has 2 aliphatic rings. The number of amides is 4. The van der Waals surface area contributed by atoms with Crippen molar-refractivity contribution in [3.05, 3.63) is 23.8 Å². The first-order chi connectivity index (χ1) is 13.9. The minimum atomic E-state index is -0.738. The van der Waals surface area contributed by atoms with Crippen LogP contribution in [0, 0.1) is 5.92 Å². The van der Waals surface area contributed by atoms with Crippen LogP contribution < -0.4 is 20.1 Å². The third-order valence-corrected chi connectivity index (χ3v) is 5.42. The molecule has 9 heteroatoms. The van der Waals surface area contributed by atoms with Gasteiger partial charge in [-0.1, -0.05) is 26.3 Å². The number of aliphatic hydroxyl groups is 1. The summed E-state index contributed by atoms with van der Waals surface area (Å²) in [5, 5.41) is 14.8. The fourth-order valence-electron chi connectivity index (χ4n) is 3.35. The van der Waals surface area contributed by atoms with Crippen molar-refractivity contribution in [2.45, 2.75) is 51.7 Å². The van der Waals surface area contributed by atoms with Gasteiger partial charge in [0.15, 0.2) is 11.5 Å². The van der Waals surface area contributed by atoms with E-state index in [-0.39, 0.29) is 56.6 Å². The molecular weight excluding hydrogens is 378 g/mol. The standard InChI is InChI=1S/C20H27N3O6/c1-3-12(2)15(10-24)21-18(25)7-5-14-19(26)23(20(27)22-14)9-13-4-6-16-17(8-13)29-11-28-16/h4,6,8,12,14-15,24H,3,5,7,9-11H2,1-2H3,(H,21,25)(H,22,27)/t12-,14+,15-/m0/s1. The van der Waals surface area contributed by atoms with Gasteiger partial charge in [-0.25, -0.2) is 4.79 Å². The third kappa shape index (κ3) is 4.79. The van der Waals surface area contributed by atoms with Gasteiger partial charge in [0.2, 0.25) is 12.7 Å². The summed E-state index contributed by atoms with van der Waals surface area (Å²) in [6.07, 6.45) is 1.12. The number of aliphatic hydroxyl groups excluding tert-OH is 1. The molecule has 3 N–H and O–H groups in total. The molecule has 0 aliphatic carbocycles. The molecule has 29 heavy (non-hydrogen) atoms. The van der Waals surface area contributed by atoms with Crippen LogP contribution in [0.5, 0.6) is 11.5 Å². The molecular formula is C20H27N3O6. The fourth-order valence-corrected chi connectivity index (χ4v) is 3.35. The highest BCUT2D eigenvalue weighted by atomic mass is 16.7. The van der Waals surface area contributed by atoms with Crippen LogP contribution in [0.4, 0.5) is 4.79 Å². The molecule has 0 radical (unpaired) electrons. The lowest BCUT2D eigenvalue weighted by atomic mass is 9.99. The van der Waals surface area contributed by atoms with Gasteiger partial charge >= 0.3 is 6.03 Å². The Morgan fingerprint density at radius 3 is 2.83 bits per heavy atom. The van der Waals surface area contributed by atoms with Crippen LogP contribution in [0.2, 0.25) is 0 Å². The highest BCUT2D eigenvalue weighted by Gasteiger charge is 2.38. The number of nitrogens with zero attached hydrogens (tertiary/aromatic N) is 1. The van der Waals surface area contributed by atoms with Crippen molar-refractivity contribution in [2.75, 3.05) is 13.4 Å². The molecule has 4 amide bonds. The Labute approximate surface area is 169 Å². The van der Waals surface area contributed by atoms with Crippen LogP contribution in [0.3, 0.4) is 0 Å². The molecule has 0 unspecified atom stereocenters. The van der Waals surface area contributed by atoms with Gasteiger partial charge in [0.25, 0.3) is 5.91 Å². The van der Waals surface area contributed by atoms with E-state index in [0.29, 0.717) is 11.5 Å². The SMILES string of the molecule is CC[C@H](C)[C@H](CO)NC(=O)CC[C@H]1NC(=O)N(Cc2ccc3c(c2)OCO3)C1=O. The Balaban J connectivity index is 1.53. The quantitative estimate of drug-likeness (QED) is 0.531. The van der Waals surface area contributed by atoms with Gasteiger partial charge < -0.3 is 25.2 Å². The second-order valence-electron chi connectivity index (χ2n) is 7.39. The number of urea groups is 1. The first-order valence-corrected chi connectivity index (χ1v) is 9.83. The van der Waals surface area contributed by atoms with Gasteiger partial charge in [0.1, 0.15) is 6.04 Å². The van der Waals surface area contributed by atoms with Gasteiger partial charge in [-0.05, 0) is 30.0 Å². The molecule has 0 saturated carbocycles. The fraction of sp³-hybridized carbons (Fsp3) is 0.550. The normalized spacial score (nSPS) is 19.8. The number of imide groups is 1. The van der Waals surface area contributed by atoms with Crippen LogP contribution in [0.1, 0.15) is 38.7 Å². The molecule has 2 aliphatic heterocycles. The van der Waals surface area contributed by atoms with Crippen LogP contribution in [0.15, 0.2) is 18.2 Å². The lowest BCUT2D eigenvalue weighted by molar-refractivity contribution is -0.128. The molecule has 158 valence electrons. The van der Waals surface area contributed by atoms with Crippen molar-refractivity contribution in [1.82, 2.24) is 15.5 Å². The van der Waals surface area contributed by atoms with E-state index >= 15 is 0 Å². The topological polar surface area (TPSA) is 117 Å². The number of fused-ring (bicyclic) bond motifs is 1. The predicted molar refractivity (Wildman–Crippen MR) is 103 cm³/mol. The lowest BCUT2D eigenvalue weighted by Gasteiger charge is -2.22. The summed E-state index contributed by atoms with van der Waals surface area (Å²) in [6, 6.07) is 3.73. The Bertz CT molecular complexity index is 783. The van der Waals surface area contributed by atoms with Crippen LogP contribution >= 0.6 is 0 Å². The molecule has 3 atom stereocenters. The monoisotopic (exact) mass is 405 g/mol. The van der Waals surface area contributed by atoms with Crippen molar-refractivity contribution >= 4 is 17.8 Å². The highest BCUT2D eigenvalue weighted by molar-refractivity contribution is 6.04. The molecule has 1 saturated heterocycles. The number of carbonyl (C=O) groups excluding carboxylic acids is 3. The Kier molecular flexibility index (Phi) is 6.58. The molecule has 0 bridgehead atoms. The summed E-state index contributed by atoms with van der Waals surface area (Å²) in [6.45, 7) is 4.07. The molecule has 1 fully saturated rings. The lowest BCUT2D eigenvalue weighted by Crippen LogP contribution is -2.42. The van der Waals surface area contributed by atoms with Crippen molar-refractivity contribution in [1.29, 1.82) is 0 Å². The molecule has 0 spiro atoms. The Morgan fingerprint density at radius 1 is 1.34 bits per heavy atom. The predicted octanol–water partition coefficient (Wildman–Crippen LogP) is 1.14. The van der Waals surface area contributed by atoms with Crippen LogP contribution in [-0.2, 0) is 16.1 Å². The van der Waals surface area contributed by atoms with E-state index < -0.39 is 12.1 Å². The second kappa shape index (κ2) is 9.13. The number of carbonyl (C=O) groups is 3. The van der Waals surface area contributed by atoms with Gasteiger partial charge in [0.05, 0.1) is 19.2 Å². The average molecular weight is 405 g/mol. The van der Waals surface area contributed by atoms with Crippen molar-refractivity contribution in [3.63, 3.8) is 0 Å². The van der Waals surface area contributed by atoms with Gasteiger partial charge in [-0.2, -0.15) is 0 Å². The molecule has 9 nitrogen and oxygen atoms in total. The number of ether oxygens (including phenoxy) is 2. The van der Waals surface area contributed by atoms with Crippen molar-refractivity contribution < 1.29 is 29.0 Å². The maximum absolute atomic E-state index is 12.6. The van der Waals surface area contributed by atoms with E-state index in [1.54, 1.807) is 18.2 Å². The van der Waals surface area contributed by atoms with E-state index in [0.717, 1.165) is 16.9 Å². The number of hydrogen-bond acceptors (Lipinski definition) is 6. The summed E-state index contributed by atoms with van der Waals surface area (Å²) in [5.41, 5.74) is 0.746. The summed E-state index contributed by atoms with van der Waals surface area (Å²) < 4.78 is 10.6. The third-order valence-electron chi connectivity index (χ3n) is 5.42. The van der Waals surface area contributed by atoms with Crippen molar-refractivity contribution in [2.24, 2.45) is 5.92 Å². The molecule has 0 aromatic heterocycles. The molecule has 1 aromatic rings. The first-order valence-electron chi connectivity index (χ1n) is 9.83. The second-order valence-corrected chi connectivity index (χ2v) is 7.39. The van der Waals surface area contributed by atoms with Gasteiger partial charge in [-0.15, -0.1) is 0 Å². The zero-order valence-electron chi connectivity index (χ0n) is 16.6. The maximum atomic E-state index is 12.6. The molecule has 3 rings (SSSR count). The summed E-state index contributed by atoms with van der Waals surface area (Å²) in [7, 11) is 0. The summed E-state index contributed by atoms with van der Waals surface area (Å²) in [4.78, 5) is 38.2. The van der Waals surface area contributed by atoms with Gasteiger partial charge in [-0.3, -0.25) is 14.5 Å². The maximum Gasteiger partial charge on any atom is 0.325 e. The minimum absolute atomic E-state index is 0.0848. The number of hydrogen-bond donors (Lipinski definition) is 3. The Hall–Kier alpha value is -2.81.